The molecule has 3 aliphatic rings. The van der Waals surface area contributed by atoms with Crippen molar-refractivity contribution in [3.8, 4) is 0 Å². The first-order valence-electron chi connectivity index (χ1n) is 10.6. The standard InChI is InChI=1S/C22H33N3O2/c1-17-6-12-24(13-7-17)20-16-18(4-5-19(20)21(23)26)22(8-14-27-15-9-22)25-10-2-3-11-25/h4-5,16-17H,2-3,6-15H2,1H3,(H2,23,26). The molecule has 2 N–H and O–H groups in total. The van der Waals surface area contributed by atoms with Crippen molar-refractivity contribution in [2.24, 2.45) is 11.7 Å². The number of primary amides is 1. The van der Waals surface area contributed by atoms with E-state index in [9.17, 15) is 4.79 Å². The highest BCUT2D eigenvalue weighted by molar-refractivity contribution is 5.98. The second kappa shape index (κ2) is 7.80. The van der Waals surface area contributed by atoms with Crippen molar-refractivity contribution in [2.45, 2.75) is 51.0 Å². The van der Waals surface area contributed by atoms with Gasteiger partial charge in [0.05, 0.1) is 11.1 Å². The number of piperidine rings is 1. The Hall–Kier alpha value is -1.59. The molecular weight excluding hydrogens is 338 g/mol. The van der Waals surface area contributed by atoms with E-state index in [0.717, 1.165) is 63.8 Å². The van der Waals surface area contributed by atoms with Gasteiger partial charge >= 0.3 is 0 Å². The largest absolute Gasteiger partial charge is 0.381 e. The lowest BCUT2D eigenvalue weighted by Gasteiger charge is -2.45. The Morgan fingerprint density at radius 3 is 2.41 bits per heavy atom. The van der Waals surface area contributed by atoms with E-state index < -0.39 is 0 Å². The molecule has 0 aliphatic carbocycles. The zero-order valence-electron chi connectivity index (χ0n) is 16.6. The van der Waals surface area contributed by atoms with Crippen LogP contribution in [0, 0.1) is 5.92 Å². The fourth-order valence-corrected chi connectivity index (χ4v) is 5.18. The van der Waals surface area contributed by atoms with Gasteiger partial charge in [-0.2, -0.15) is 0 Å². The fourth-order valence-electron chi connectivity index (χ4n) is 5.18. The van der Waals surface area contributed by atoms with E-state index in [2.05, 4.69) is 28.9 Å². The molecule has 0 aromatic heterocycles. The molecule has 0 saturated carbocycles. The minimum atomic E-state index is -0.322. The summed E-state index contributed by atoms with van der Waals surface area (Å²) in [6.45, 7) is 8.26. The highest BCUT2D eigenvalue weighted by Gasteiger charge is 2.41. The topological polar surface area (TPSA) is 58.8 Å². The van der Waals surface area contributed by atoms with E-state index in [0.29, 0.717) is 5.56 Å². The maximum atomic E-state index is 12.1. The first kappa shape index (κ1) is 18.8. The molecule has 0 radical (unpaired) electrons. The fraction of sp³-hybridized carbons (Fsp3) is 0.682. The van der Waals surface area contributed by atoms with Gasteiger partial charge in [0.25, 0.3) is 5.91 Å². The van der Waals surface area contributed by atoms with Gasteiger partial charge in [-0.1, -0.05) is 13.0 Å². The van der Waals surface area contributed by atoms with Crippen LogP contribution in [0.3, 0.4) is 0 Å². The van der Waals surface area contributed by atoms with Crippen LogP contribution < -0.4 is 10.6 Å². The molecule has 1 amide bonds. The molecule has 3 aliphatic heterocycles. The molecule has 1 aromatic carbocycles. The number of rotatable bonds is 4. The zero-order valence-corrected chi connectivity index (χ0v) is 16.6. The Morgan fingerprint density at radius 1 is 1.11 bits per heavy atom. The molecule has 5 nitrogen and oxygen atoms in total. The summed E-state index contributed by atoms with van der Waals surface area (Å²) in [4.78, 5) is 17.2. The lowest BCUT2D eigenvalue weighted by atomic mass is 9.80. The Labute approximate surface area is 162 Å². The van der Waals surface area contributed by atoms with Gasteiger partial charge in [0.2, 0.25) is 0 Å². The van der Waals surface area contributed by atoms with E-state index in [-0.39, 0.29) is 11.4 Å². The average molecular weight is 372 g/mol. The van der Waals surface area contributed by atoms with E-state index in [1.165, 1.54) is 31.2 Å². The third-order valence-corrected chi connectivity index (χ3v) is 6.96. The van der Waals surface area contributed by atoms with Crippen molar-refractivity contribution < 1.29 is 9.53 Å². The molecule has 3 fully saturated rings. The molecule has 4 rings (SSSR count). The van der Waals surface area contributed by atoms with Crippen LogP contribution in [0.15, 0.2) is 18.2 Å². The zero-order chi connectivity index (χ0) is 18.9. The number of anilines is 1. The third-order valence-electron chi connectivity index (χ3n) is 6.96. The van der Waals surface area contributed by atoms with Crippen LogP contribution in [-0.4, -0.2) is 50.2 Å². The second-order valence-corrected chi connectivity index (χ2v) is 8.60. The van der Waals surface area contributed by atoms with Crippen LogP contribution in [-0.2, 0) is 10.3 Å². The molecule has 0 spiro atoms. The summed E-state index contributed by atoms with van der Waals surface area (Å²) in [7, 11) is 0. The van der Waals surface area contributed by atoms with Crippen molar-refractivity contribution in [3.63, 3.8) is 0 Å². The number of amides is 1. The van der Waals surface area contributed by atoms with E-state index >= 15 is 0 Å². The molecule has 0 bridgehead atoms. The van der Waals surface area contributed by atoms with E-state index in [1.54, 1.807) is 0 Å². The molecule has 0 atom stereocenters. The molecule has 27 heavy (non-hydrogen) atoms. The number of ether oxygens (including phenoxy) is 1. The average Bonchev–Trinajstić information content (AvgIpc) is 3.24. The van der Waals surface area contributed by atoms with Crippen LogP contribution in [0.4, 0.5) is 5.69 Å². The van der Waals surface area contributed by atoms with Gasteiger partial charge in [0, 0.05) is 32.0 Å². The van der Waals surface area contributed by atoms with Crippen LogP contribution in [0.5, 0.6) is 0 Å². The Bertz CT molecular complexity index is 670. The van der Waals surface area contributed by atoms with Crippen molar-refractivity contribution in [2.75, 3.05) is 44.3 Å². The van der Waals surface area contributed by atoms with Crippen LogP contribution in [0.1, 0.15) is 61.4 Å². The minimum Gasteiger partial charge on any atom is -0.381 e. The molecule has 3 saturated heterocycles. The lowest BCUT2D eigenvalue weighted by molar-refractivity contribution is -0.0223. The summed E-state index contributed by atoms with van der Waals surface area (Å²) >= 11 is 0. The molecular formula is C22H33N3O2. The van der Waals surface area contributed by atoms with Gasteiger partial charge in [-0.15, -0.1) is 0 Å². The van der Waals surface area contributed by atoms with Gasteiger partial charge < -0.3 is 15.4 Å². The molecule has 3 heterocycles. The maximum Gasteiger partial charge on any atom is 0.250 e. The summed E-state index contributed by atoms with van der Waals surface area (Å²) < 4.78 is 5.71. The summed E-state index contributed by atoms with van der Waals surface area (Å²) in [5.41, 5.74) is 8.82. The van der Waals surface area contributed by atoms with E-state index in [4.69, 9.17) is 10.5 Å². The van der Waals surface area contributed by atoms with Crippen molar-refractivity contribution in [1.82, 2.24) is 4.90 Å². The van der Waals surface area contributed by atoms with Crippen LogP contribution in [0.2, 0.25) is 0 Å². The minimum absolute atomic E-state index is 0.0444. The predicted molar refractivity (Wildman–Crippen MR) is 108 cm³/mol. The number of hydrogen-bond acceptors (Lipinski definition) is 4. The maximum absolute atomic E-state index is 12.1. The normalized spacial score (nSPS) is 24.3. The summed E-state index contributed by atoms with van der Waals surface area (Å²) in [6.07, 6.45) is 6.96. The number of carbonyl (C=O) groups is 1. The van der Waals surface area contributed by atoms with Gasteiger partial charge in [0.1, 0.15) is 0 Å². The van der Waals surface area contributed by atoms with Crippen molar-refractivity contribution >= 4 is 11.6 Å². The summed E-state index contributed by atoms with van der Waals surface area (Å²) in [5, 5.41) is 0. The van der Waals surface area contributed by atoms with Gasteiger partial charge in [0.15, 0.2) is 0 Å². The molecule has 0 unspecified atom stereocenters. The van der Waals surface area contributed by atoms with Crippen LogP contribution >= 0.6 is 0 Å². The van der Waals surface area contributed by atoms with Crippen molar-refractivity contribution in [3.05, 3.63) is 29.3 Å². The number of benzene rings is 1. The number of nitrogens with zero attached hydrogens (tertiary/aromatic N) is 2. The van der Waals surface area contributed by atoms with Gasteiger partial charge in [-0.05, 0) is 75.2 Å². The molecule has 5 heteroatoms. The number of hydrogen-bond donors (Lipinski definition) is 1. The number of nitrogens with two attached hydrogens (primary N) is 1. The Balaban J connectivity index is 1.73. The smallest absolute Gasteiger partial charge is 0.250 e. The highest BCUT2D eigenvalue weighted by Crippen LogP contribution is 2.42. The Morgan fingerprint density at radius 2 is 1.78 bits per heavy atom. The number of likely N-dealkylation sites (tertiary alicyclic amines) is 1. The summed E-state index contributed by atoms with van der Waals surface area (Å²) in [5.74, 6) is 0.435. The first-order valence-corrected chi connectivity index (χ1v) is 10.6. The number of carbonyl (C=O) groups excluding carboxylic acids is 1. The second-order valence-electron chi connectivity index (χ2n) is 8.60. The van der Waals surface area contributed by atoms with Crippen LogP contribution in [0.25, 0.3) is 0 Å². The van der Waals surface area contributed by atoms with Crippen molar-refractivity contribution in [1.29, 1.82) is 0 Å². The van der Waals surface area contributed by atoms with Gasteiger partial charge in [-0.25, -0.2) is 0 Å². The predicted octanol–water partition coefficient (Wildman–Crippen LogP) is 3.12. The molecule has 148 valence electrons. The van der Waals surface area contributed by atoms with E-state index in [1.807, 2.05) is 6.07 Å². The third kappa shape index (κ3) is 3.59. The Kier molecular flexibility index (Phi) is 5.42. The summed E-state index contributed by atoms with van der Waals surface area (Å²) in [6, 6.07) is 6.40. The lowest BCUT2D eigenvalue weighted by Crippen LogP contribution is -2.48. The highest BCUT2D eigenvalue weighted by atomic mass is 16.5. The SMILES string of the molecule is CC1CCN(c2cc(C3(N4CCCC4)CCOCC3)ccc2C(N)=O)CC1. The quantitative estimate of drug-likeness (QED) is 0.883. The monoisotopic (exact) mass is 371 g/mol. The first-order chi connectivity index (χ1) is 13.1. The molecule has 1 aromatic rings. The van der Waals surface area contributed by atoms with Gasteiger partial charge in [-0.3, -0.25) is 9.69 Å².